The molecular weight excluding hydrogens is 1190 g/mol. The number of fused-ring (bicyclic) bond motifs is 4. The second-order valence-corrected chi connectivity index (χ2v) is 25.6. The van der Waals surface area contributed by atoms with E-state index in [1.54, 1.807) is 54.8 Å². The molecule has 3 saturated carbocycles. The smallest absolute Gasteiger partial charge is 0.270 e. The Morgan fingerprint density at radius 2 is 1.37 bits per heavy atom. The van der Waals surface area contributed by atoms with Gasteiger partial charge in [-0.2, -0.15) is 5.26 Å². The van der Waals surface area contributed by atoms with E-state index in [4.69, 9.17) is 4.74 Å². The number of carbonyl (C=O) groups excluding carboxylic acids is 1. The van der Waals surface area contributed by atoms with E-state index in [1.165, 1.54) is 127 Å². The number of hydrogen-bond acceptors (Lipinski definition) is 15. The van der Waals surface area contributed by atoms with Gasteiger partial charge in [0.05, 0.1) is 57.2 Å². The highest BCUT2D eigenvalue weighted by Gasteiger charge is 2.42. The lowest BCUT2D eigenvalue weighted by atomic mass is 9.68. The number of methoxy groups -OCH3 is 1. The molecule has 3 aliphatic carbocycles. The Hall–Kier alpha value is -10.3. The summed E-state index contributed by atoms with van der Waals surface area (Å²) < 4.78 is 23.7. The Kier molecular flexibility index (Phi) is 17.9. The van der Waals surface area contributed by atoms with Gasteiger partial charge in [0, 0.05) is 101 Å². The number of nitriles is 1. The summed E-state index contributed by atoms with van der Waals surface area (Å²) in [7, 11) is 1.63. The number of hydrogen-bond donors (Lipinski definition) is 6. The molecule has 1 amide bonds. The van der Waals surface area contributed by atoms with Crippen molar-refractivity contribution in [2.45, 2.75) is 103 Å². The van der Waals surface area contributed by atoms with Crippen molar-refractivity contribution in [2.75, 3.05) is 33.3 Å². The molecule has 4 fully saturated rings. The molecule has 0 unspecified atom stereocenters. The average Bonchev–Trinajstić information content (AvgIpc) is 1.65. The lowest BCUT2D eigenvalue weighted by molar-refractivity contribution is 0.0945. The lowest BCUT2D eigenvalue weighted by Crippen LogP contribution is -2.32. The van der Waals surface area contributed by atoms with Crippen LogP contribution in [0.4, 0.5) is 4.39 Å². The maximum atomic E-state index is 13.6. The highest BCUT2D eigenvalue weighted by atomic mass is 19.1. The molecule has 6 N–H and O–H groups in total. The molecule has 10 aromatic heterocycles. The van der Waals surface area contributed by atoms with Gasteiger partial charge in [0.25, 0.3) is 11.5 Å². The molecule has 94 heavy (non-hydrogen) atoms. The Balaban J connectivity index is 0.000000122. The number of aromatic amines is 3. The van der Waals surface area contributed by atoms with Crippen LogP contribution >= 0.6 is 0 Å². The summed E-state index contributed by atoms with van der Waals surface area (Å²) in [6.07, 6.45) is 25.3. The summed E-state index contributed by atoms with van der Waals surface area (Å²) in [4.78, 5) is 54.7. The number of amides is 1. The first-order chi connectivity index (χ1) is 46.0. The van der Waals surface area contributed by atoms with Crippen molar-refractivity contribution in [3.63, 3.8) is 0 Å². The predicted molar refractivity (Wildman–Crippen MR) is 356 cm³/mol. The number of H-pyrrole nitrogens is 3. The highest BCUT2D eigenvalue weighted by molar-refractivity contribution is 5.92. The number of aromatic nitrogens is 14. The molecule has 0 atom stereocenters. The number of nitrogens with one attached hydrogen (secondary N) is 6. The Bertz CT molecular complexity index is 4770. The normalized spacial score (nSPS) is 15.3. The van der Waals surface area contributed by atoms with E-state index in [1.807, 2.05) is 35.3 Å². The van der Waals surface area contributed by atoms with Crippen LogP contribution in [0.3, 0.4) is 0 Å². The maximum Gasteiger partial charge on any atom is 0.270 e. The van der Waals surface area contributed by atoms with Crippen LogP contribution in [-0.2, 0) is 39.3 Å². The van der Waals surface area contributed by atoms with E-state index in [0.717, 1.165) is 95.2 Å². The van der Waals surface area contributed by atoms with Gasteiger partial charge in [0.15, 0.2) is 0 Å². The highest BCUT2D eigenvalue weighted by Crippen LogP contribution is 2.48. The molecule has 16 rings (SSSR count). The molecular formula is C71H74FN19O3. The topological polar surface area (TPSA) is 271 Å². The number of ether oxygens (including phenoxy) is 1. The quantitative estimate of drug-likeness (QED) is 0.0414. The van der Waals surface area contributed by atoms with Gasteiger partial charge in [-0.15, -0.1) is 10.2 Å². The zero-order valence-corrected chi connectivity index (χ0v) is 52.5. The van der Waals surface area contributed by atoms with Gasteiger partial charge in [-0.3, -0.25) is 28.9 Å². The van der Waals surface area contributed by atoms with Gasteiger partial charge in [0.1, 0.15) is 46.1 Å². The lowest BCUT2D eigenvalue weighted by Gasteiger charge is -2.38. The van der Waals surface area contributed by atoms with Crippen molar-refractivity contribution in [2.24, 2.45) is 17.3 Å². The number of halogens is 1. The molecule has 0 radical (unpaired) electrons. The summed E-state index contributed by atoms with van der Waals surface area (Å²) >= 11 is 0. The van der Waals surface area contributed by atoms with Gasteiger partial charge < -0.3 is 35.6 Å². The van der Waals surface area contributed by atoms with Crippen molar-refractivity contribution in [1.29, 1.82) is 5.26 Å². The van der Waals surface area contributed by atoms with Gasteiger partial charge in [-0.25, -0.2) is 23.7 Å². The number of pyridine rings is 4. The summed E-state index contributed by atoms with van der Waals surface area (Å²) in [6.45, 7) is 8.70. The van der Waals surface area contributed by atoms with E-state index < -0.39 is 11.7 Å². The predicted octanol–water partition coefficient (Wildman–Crippen LogP) is 10.4. The SMILES string of the molecule is COc1cncc(-c2cn(Cc3ccc4cc(CNCC5CCC5)[nH]c4c3)nn2)c1.N#Cc1ncc(F)cc1-c1cn(Cc2ccc3cc(CNCC4CCC4)[nH]c3c2)nn1.O=C(NCc1cc2[nH]c(CN3CCC4(CCC4)C3)cc2cn1)c1cc(=O)n2ccccc2n1. The molecule has 22 nitrogen and oxygen atoms in total. The van der Waals surface area contributed by atoms with E-state index in [9.17, 15) is 19.2 Å². The molecule has 1 spiro atoms. The van der Waals surface area contributed by atoms with Crippen LogP contribution in [0.1, 0.15) is 114 Å². The summed E-state index contributed by atoms with van der Waals surface area (Å²) in [5.74, 6) is 1.51. The van der Waals surface area contributed by atoms with Crippen LogP contribution in [-0.4, -0.2) is 113 Å². The molecule has 1 aliphatic heterocycles. The first-order valence-electron chi connectivity index (χ1n) is 32.5. The molecule has 2 aromatic carbocycles. The largest absolute Gasteiger partial charge is 0.495 e. The van der Waals surface area contributed by atoms with Crippen LogP contribution in [0.25, 0.3) is 60.9 Å². The minimum Gasteiger partial charge on any atom is -0.495 e. The van der Waals surface area contributed by atoms with Crippen LogP contribution in [0.2, 0.25) is 0 Å². The van der Waals surface area contributed by atoms with E-state index in [0.29, 0.717) is 41.2 Å². The van der Waals surface area contributed by atoms with Crippen LogP contribution in [0, 0.1) is 34.4 Å². The Morgan fingerprint density at radius 3 is 2.02 bits per heavy atom. The van der Waals surface area contributed by atoms with Gasteiger partial charge >= 0.3 is 0 Å². The van der Waals surface area contributed by atoms with Crippen LogP contribution in [0.5, 0.6) is 5.75 Å². The molecule has 1 saturated heterocycles. The third kappa shape index (κ3) is 14.3. The Labute approximate surface area is 541 Å². The molecule has 4 aliphatic rings. The van der Waals surface area contributed by atoms with E-state index in [-0.39, 0.29) is 23.5 Å². The van der Waals surface area contributed by atoms with Gasteiger partial charge in [0.2, 0.25) is 0 Å². The maximum absolute atomic E-state index is 13.6. The van der Waals surface area contributed by atoms with Gasteiger partial charge in [-0.1, -0.05) is 60.0 Å². The zero-order valence-electron chi connectivity index (χ0n) is 52.5. The summed E-state index contributed by atoms with van der Waals surface area (Å²) in [5, 5.41) is 39.4. The monoisotopic (exact) mass is 1260 g/mol. The summed E-state index contributed by atoms with van der Waals surface area (Å²) in [5.41, 5.74) is 13.3. The van der Waals surface area contributed by atoms with Gasteiger partial charge in [-0.05, 0) is 164 Å². The third-order valence-corrected chi connectivity index (χ3v) is 18.9. The number of likely N-dealkylation sites (tertiary alicyclic amines) is 1. The minimum absolute atomic E-state index is 0.101. The average molecular weight is 1260 g/mol. The molecule has 23 heteroatoms. The fraction of sp³-hybridized carbons (Fsp3) is 0.338. The van der Waals surface area contributed by atoms with E-state index in [2.05, 4.69) is 131 Å². The van der Waals surface area contributed by atoms with Crippen LogP contribution < -0.4 is 26.2 Å². The Morgan fingerprint density at radius 1 is 0.702 bits per heavy atom. The number of carbonyl (C=O) groups is 1. The van der Waals surface area contributed by atoms with Crippen molar-refractivity contribution in [1.82, 2.24) is 90.1 Å². The molecule has 11 heterocycles. The number of rotatable bonds is 20. The fourth-order valence-corrected chi connectivity index (χ4v) is 13.1. The van der Waals surface area contributed by atoms with Crippen LogP contribution in [0.15, 0.2) is 145 Å². The first-order valence-corrected chi connectivity index (χ1v) is 32.5. The first kappa shape index (κ1) is 61.2. The number of nitrogens with zero attached hydrogens (tertiary/aromatic N) is 13. The van der Waals surface area contributed by atoms with Crippen molar-refractivity contribution < 1.29 is 13.9 Å². The fourth-order valence-electron chi connectivity index (χ4n) is 13.1. The molecule has 12 aromatic rings. The third-order valence-electron chi connectivity index (χ3n) is 18.9. The van der Waals surface area contributed by atoms with Crippen molar-refractivity contribution >= 4 is 44.3 Å². The molecule has 478 valence electrons. The van der Waals surface area contributed by atoms with E-state index >= 15 is 0 Å². The van der Waals surface area contributed by atoms with Crippen molar-refractivity contribution in [3.05, 3.63) is 202 Å². The summed E-state index contributed by atoms with van der Waals surface area (Å²) in [6, 6.07) is 32.9. The zero-order chi connectivity index (χ0) is 64.0. The number of benzene rings is 2. The second-order valence-electron chi connectivity index (χ2n) is 25.6. The minimum atomic E-state index is -0.515. The molecule has 0 bridgehead atoms. The standard InChI is InChI=1S/C25H26N6O2.C23H22FN7.C23H26N6O/c32-23-12-21(29-22-4-1-2-8-31(22)23)24(33)27-14-18-11-20-17(13-26-18)10-19(28-20)15-30-9-7-25(16-30)5-3-6-25;24-18-8-20(22(9-25)27-11-18)23-14-31(30-29-23)13-16-4-5-17-7-19(28-21(17)6-16)12-26-10-15-2-1-3-15;1-30-21-9-19(11-25-13-21)23-15-29(28-27-23)14-17-5-6-18-8-20(26-22(18)7-17)12-24-10-16-3-2-4-16/h1-2,4,8,10-13,28H,3,5-7,9,14-16H2,(H,27,33);4-8,11,14-15,26,28H,1-3,10,12-13H2;5-9,11,13,15-16,24,26H,2-4,10,12,14H2,1H3. The second kappa shape index (κ2) is 27.5. The van der Waals surface area contributed by atoms with Crippen molar-refractivity contribution in [3.8, 4) is 34.3 Å².